The Morgan fingerprint density at radius 1 is 1.25 bits per heavy atom. The minimum absolute atomic E-state index is 0.175. The summed E-state index contributed by atoms with van der Waals surface area (Å²) in [6, 6.07) is 7.39. The van der Waals surface area contributed by atoms with Gasteiger partial charge >= 0.3 is 0 Å². The molecule has 1 aromatic carbocycles. The van der Waals surface area contributed by atoms with Gasteiger partial charge in [0.25, 0.3) is 0 Å². The van der Waals surface area contributed by atoms with Crippen LogP contribution in [0.5, 0.6) is 0 Å². The van der Waals surface area contributed by atoms with E-state index in [0.29, 0.717) is 12.3 Å². The Labute approximate surface area is 119 Å². The van der Waals surface area contributed by atoms with E-state index in [4.69, 9.17) is 4.74 Å². The lowest BCUT2D eigenvalue weighted by molar-refractivity contribution is 0.0359. The molecule has 0 amide bonds. The fourth-order valence-corrected chi connectivity index (χ4v) is 2.23. The summed E-state index contributed by atoms with van der Waals surface area (Å²) in [5, 5.41) is 14.5. The van der Waals surface area contributed by atoms with Crippen LogP contribution < -0.4 is 5.32 Å². The predicted molar refractivity (Wildman–Crippen MR) is 74.8 cm³/mol. The quantitative estimate of drug-likeness (QED) is 0.826. The molecule has 6 heteroatoms. The molecule has 1 atom stereocenters. The van der Waals surface area contributed by atoms with E-state index >= 15 is 0 Å². The van der Waals surface area contributed by atoms with Gasteiger partial charge in [-0.05, 0) is 23.6 Å². The molecular weight excluding hydrogens is 284 g/mol. The van der Waals surface area contributed by atoms with Crippen LogP contribution in [0.2, 0.25) is 0 Å². The van der Waals surface area contributed by atoms with Crippen molar-refractivity contribution in [3.63, 3.8) is 0 Å². The molecule has 0 aliphatic rings. The summed E-state index contributed by atoms with van der Waals surface area (Å²) < 4.78 is 31.0. The summed E-state index contributed by atoms with van der Waals surface area (Å²) in [5.41, 5.74) is 0.418. The number of thiophene rings is 1. The van der Waals surface area contributed by atoms with Crippen LogP contribution in [0.3, 0.4) is 0 Å². The molecular formula is C14H15F2NO2S. The lowest BCUT2D eigenvalue weighted by atomic mass is 10.3. The first kappa shape index (κ1) is 14.9. The molecule has 1 aromatic heterocycles. The van der Waals surface area contributed by atoms with Gasteiger partial charge in [0, 0.05) is 23.2 Å². The number of halogens is 2. The molecule has 1 heterocycles. The smallest absolute Gasteiger partial charge is 0.160 e. The fraction of sp³-hybridized carbons (Fsp3) is 0.286. The van der Waals surface area contributed by atoms with Gasteiger partial charge in [0.1, 0.15) is 0 Å². The van der Waals surface area contributed by atoms with Crippen LogP contribution in [0.25, 0.3) is 0 Å². The zero-order chi connectivity index (χ0) is 14.4. The van der Waals surface area contributed by atoms with Crippen molar-refractivity contribution in [2.75, 3.05) is 18.5 Å². The maximum atomic E-state index is 13.0. The Kier molecular flexibility index (Phi) is 5.46. The van der Waals surface area contributed by atoms with Crippen molar-refractivity contribution in [3.05, 3.63) is 52.2 Å². The van der Waals surface area contributed by atoms with Crippen molar-refractivity contribution in [2.45, 2.75) is 12.7 Å². The summed E-state index contributed by atoms with van der Waals surface area (Å²) in [4.78, 5) is 1.09. The van der Waals surface area contributed by atoms with Crippen LogP contribution in [0.4, 0.5) is 14.5 Å². The average molecular weight is 299 g/mol. The molecule has 0 fully saturated rings. The third-order valence-corrected chi connectivity index (χ3v) is 3.45. The molecule has 2 aromatic rings. The highest BCUT2D eigenvalue weighted by Gasteiger charge is 2.06. The Balaban J connectivity index is 1.69. The Morgan fingerprint density at radius 2 is 2.10 bits per heavy atom. The molecule has 0 saturated heterocycles. The Hall–Kier alpha value is -1.50. The first-order valence-corrected chi connectivity index (χ1v) is 7.00. The van der Waals surface area contributed by atoms with Crippen LogP contribution in [0.15, 0.2) is 35.7 Å². The first-order valence-electron chi connectivity index (χ1n) is 6.12. The van der Waals surface area contributed by atoms with Crippen LogP contribution in [0, 0.1) is 11.6 Å². The summed E-state index contributed by atoms with van der Waals surface area (Å²) >= 11 is 1.59. The zero-order valence-electron chi connectivity index (χ0n) is 10.7. The van der Waals surface area contributed by atoms with E-state index in [-0.39, 0.29) is 13.2 Å². The lowest BCUT2D eigenvalue weighted by Crippen LogP contribution is -2.24. The van der Waals surface area contributed by atoms with E-state index < -0.39 is 17.7 Å². The molecule has 1 unspecified atom stereocenters. The van der Waals surface area contributed by atoms with Crippen molar-refractivity contribution < 1.29 is 18.6 Å². The molecule has 108 valence electrons. The van der Waals surface area contributed by atoms with Gasteiger partial charge in [0.2, 0.25) is 0 Å². The zero-order valence-corrected chi connectivity index (χ0v) is 11.5. The second kappa shape index (κ2) is 7.33. The highest BCUT2D eigenvalue weighted by molar-refractivity contribution is 7.09. The second-order valence-electron chi connectivity index (χ2n) is 4.26. The SMILES string of the molecule is OC(CNc1ccc(F)c(F)c1)COCc1cccs1. The second-order valence-corrected chi connectivity index (χ2v) is 5.29. The van der Waals surface area contributed by atoms with Crippen LogP contribution in [-0.4, -0.2) is 24.4 Å². The van der Waals surface area contributed by atoms with Crippen molar-refractivity contribution >= 4 is 17.0 Å². The molecule has 0 aliphatic carbocycles. The van der Waals surface area contributed by atoms with Crippen molar-refractivity contribution in [2.24, 2.45) is 0 Å². The number of nitrogens with one attached hydrogen (secondary N) is 1. The van der Waals surface area contributed by atoms with Gasteiger partial charge in [-0.1, -0.05) is 6.07 Å². The van der Waals surface area contributed by atoms with E-state index in [0.717, 1.165) is 17.0 Å². The summed E-state index contributed by atoms with van der Waals surface area (Å²) in [5.74, 6) is -1.81. The summed E-state index contributed by atoms with van der Waals surface area (Å²) in [7, 11) is 0. The molecule has 20 heavy (non-hydrogen) atoms. The van der Waals surface area contributed by atoms with E-state index in [9.17, 15) is 13.9 Å². The van der Waals surface area contributed by atoms with Crippen molar-refractivity contribution in [3.8, 4) is 0 Å². The number of ether oxygens (including phenoxy) is 1. The number of rotatable bonds is 7. The van der Waals surface area contributed by atoms with E-state index in [1.54, 1.807) is 11.3 Å². The van der Waals surface area contributed by atoms with E-state index in [2.05, 4.69) is 5.32 Å². The van der Waals surface area contributed by atoms with Gasteiger partial charge in [-0.2, -0.15) is 0 Å². The normalized spacial score (nSPS) is 12.3. The minimum Gasteiger partial charge on any atom is -0.389 e. The van der Waals surface area contributed by atoms with Gasteiger partial charge in [-0.15, -0.1) is 11.3 Å². The monoisotopic (exact) mass is 299 g/mol. The van der Waals surface area contributed by atoms with Gasteiger partial charge < -0.3 is 15.2 Å². The number of aliphatic hydroxyl groups excluding tert-OH is 1. The lowest BCUT2D eigenvalue weighted by Gasteiger charge is -2.13. The van der Waals surface area contributed by atoms with Crippen molar-refractivity contribution in [1.29, 1.82) is 0 Å². The summed E-state index contributed by atoms with van der Waals surface area (Å²) in [6.45, 7) is 0.837. The third-order valence-electron chi connectivity index (χ3n) is 2.60. The molecule has 0 aliphatic heterocycles. The molecule has 0 bridgehead atoms. The molecule has 0 spiro atoms. The largest absolute Gasteiger partial charge is 0.389 e. The number of hydrogen-bond donors (Lipinski definition) is 2. The Morgan fingerprint density at radius 3 is 2.80 bits per heavy atom. The summed E-state index contributed by atoms with van der Waals surface area (Å²) in [6.07, 6.45) is -0.719. The number of benzene rings is 1. The maximum absolute atomic E-state index is 13.0. The van der Waals surface area contributed by atoms with Gasteiger partial charge in [-0.3, -0.25) is 0 Å². The third kappa shape index (κ3) is 4.56. The Bertz CT molecular complexity index is 534. The van der Waals surface area contributed by atoms with Crippen LogP contribution >= 0.6 is 11.3 Å². The highest BCUT2D eigenvalue weighted by atomic mass is 32.1. The molecule has 0 saturated carbocycles. The fourth-order valence-electron chi connectivity index (χ4n) is 1.59. The van der Waals surface area contributed by atoms with E-state index in [1.165, 1.54) is 6.07 Å². The molecule has 3 nitrogen and oxygen atoms in total. The standard InChI is InChI=1S/C14H15F2NO2S/c15-13-4-3-10(6-14(13)16)17-7-11(18)8-19-9-12-2-1-5-20-12/h1-6,11,17-18H,7-9H2. The molecule has 0 radical (unpaired) electrons. The topological polar surface area (TPSA) is 41.5 Å². The molecule has 2 N–H and O–H groups in total. The minimum atomic E-state index is -0.918. The highest BCUT2D eigenvalue weighted by Crippen LogP contribution is 2.13. The first-order chi connectivity index (χ1) is 9.65. The van der Waals surface area contributed by atoms with Gasteiger partial charge in [0.15, 0.2) is 11.6 Å². The van der Waals surface area contributed by atoms with E-state index in [1.807, 2.05) is 17.5 Å². The van der Waals surface area contributed by atoms with Crippen LogP contribution in [0.1, 0.15) is 4.88 Å². The average Bonchev–Trinajstić information content (AvgIpc) is 2.93. The number of aliphatic hydroxyl groups is 1. The predicted octanol–water partition coefficient (Wildman–Crippen LogP) is 3.02. The maximum Gasteiger partial charge on any atom is 0.160 e. The van der Waals surface area contributed by atoms with Gasteiger partial charge in [0.05, 0.1) is 19.3 Å². The number of anilines is 1. The van der Waals surface area contributed by atoms with Crippen LogP contribution in [-0.2, 0) is 11.3 Å². The molecule has 2 rings (SSSR count). The van der Waals surface area contributed by atoms with Gasteiger partial charge in [-0.25, -0.2) is 8.78 Å². The van der Waals surface area contributed by atoms with Crippen molar-refractivity contribution in [1.82, 2.24) is 0 Å². The number of hydrogen-bond acceptors (Lipinski definition) is 4.